The van der Waals surface area contributed by atoms with Gasteiger partial charge >= 0.3 is 0 Å². The van der Waals surface area contributed by atoms with Crippen LogP contribution < -0.4 is 5.32 Å². The second-order valence-corrected chi connectivity index (χ2v) is 5.62. The number of nitro benzene ring substituents is 1. The molecule has 1 aliphatic rings. The SMILES string of the molecule is O=[N+]([O-])c1ccc(-c2nc(Cl)cc(NC3CCOCC3)n2)cc1. The maximum atomic E-state index is 10.7. The topological polar surface area (TPSA) is 90.2 Å². The van der Waals surface area contributed by atoms with Crippen LogP contribution in [-0.2, 0) is 4.74 Å². The Bertz CT molecular complexity index is 702. The monoisotopic (exact) mass is 334 g/mol. The number of rotatable bonds is 4. The summed E-state index contributed by atoms with van der Waals surface area (Å²) in [6.45, 7) is 1.46. The maximum Gasteiger partial charge on any atom is 0.269 e. The third-order valence-corrected chi connectivity index (χ3v) is 3.80. The minimum atomic E-state index is -0.444. The van der Waals surface area contributed by atoms with Gasteiger partial charge < -0.3 is 10.1 Å². The van der Waals surface area contributed by atoms with Crippen molar-refractivity contribution in [2.45, 2.75) is 18.9 Å². The molecular weight excluding hydrogens is 320 g/mol. The first kappa shape index (κ1) is 15.6. The standard InChI is InChI=1S/C15H15ClN4O3/c16-13-9-14(17-11-5-7-23-8-6-11)19-15(18-13)10-1-3-12(4-2-10)20(21)22/h1-4,9,11H,5-8H2,(H,17,18,19). The Hall–Kier alpha value is -2.25. The van der Waals surface area contributed by atoms with Gasteiger partial charge in [-0.1, -0.05) is 11.6 Å². The van der Waals surface area contributed by atoms with Crippen LogP contribution in [0.5, 0.6) is 0 Å². The first-order chi connectivity index (χ1) is 11.1. The number of ether oxygens (including phenoxy) is 1. The van der Waals surface area contributed by atoms with Crippen LogP contribution in [0.3, 0.4) is 0 Å². The fraction of sp³-hybridized carbons (Fsp3) is 0.333. The minimum Gasteiger partial charge on any atom is -0.381 e. The number of anilines is 1. The molecule has 0 aliphatic carbocycles. The van der Waals surface area contributed by atoms with Crippen LogP contribution in [0.2, 0.25) is 5.15 Å². The summed E-state index contributed by atoms with van der Waals surface area (Å²) in [6, 6.07) is 8.03. The van der Waals surface area contributed by atoms with Gasteiger partial charge in [-0.05, 0) is 25.0 Å². The molecule has 0 radical (unpaired) electrons. The lowest BCUT2D eigenvalue weighted by Crippen LogP contribution is -2.28. The molecule has 0 saturated carbocycles. The van der Waals surface area contributed by atoms with Gasteiger partial charge in [0.05, 0.1) is 4.92 Å². The van der Waals surface area contributed by atoms with Gasteiger partial charge in [-0.25, -0.2) is 9.97 Å². The van der Waals surface area contributed by atoms with E-state index in [0.717, 1.165) is 26.1 Å². The summed E-state index contributed by atoms with van der Waals surface area (Å²) in [7, 11) is 0. The Balaban J connectivity index is 1.83. The van der Waals surface area contributed by atoms with E-state index in [-0.39, 0.29) is 5.69 Å². The summed E-state index contributed by atoms with van der Waals surface area (Å²) < 4.78 is 5.33. The number of nitro groups is 1. The summed E-state index contributed by atoms with van der Waals surface area (Å²) in [5, 5.41) is 14.4. The summed E-state index contributed by atoms with van der Waals surface area (Å²) in [4.78, 5) is 18.9. The van der Waals surface area contributed by atoms with Crippen molar-refractivity contribution in [3.63, 3.8) is 0 Å². The van der Waals surface area contributed by atoms with Gasteiger partial charge in [0.1, 0.15) is 11.0 Å². The molecule has 0 unspecified atom stereocenters. The fourth-order valence-corrected chi connectivity index (χ4v) is 2.59. The van der Waals surface area contributed by atoms with Crippen molar-refractivity contribution in [1.29, 1.82) is 0 Å². The number of halogens is 1. The van der Waals surface area contributed by atoms with Crippen molar-refractivity contribution in [2.24, 2.45) is 0 Å². The van der Waals surface area contributed by atoms with Crippen molar-refractivity contribution < 1.29 is 9.66 Å². The lowest BCUT2D eigenvalue weighted by Gasteiger charge is -2.23. The molecule has 3 rings (SSSR count). The highest BCUT2D eigenvalue weighted by Crippen LogP contribution is 2.23. The van der Waals surface area contributed by atoms with E-state index in [4.69, 9.17) is 16.3 Å². The van der Waals surface area contributed by atoms with Crippen LogP contribution in [0, 0.1) is 10.1 Å². The Morgan fingerprint density at radius 1 is 1.22 bits per heavy atom. The number of aromatic nitrogens is 2. The van der Waals surface area contributed by atoms with E-state index < -0.39 is 4.92 Å². The molecule has 1 fully saturated rings. The number of non-ortho nitro benzene ring substituents is 1. The number of nitrogens with one attached hydrogen (secondary N) is 1. The van der Waals surface area contributed by atoms with Gasteiger partial charge in [0.2, 0.25) is 0 Å². The first-order valence-corrected chi connectivity index (χ1v) is 7.63. The van der Waals surface area contributed by atoms with Crippen LogP contribution in [0.25, 0.3) is 11.4 Å². The van der Waals surface area contributed by atoms with Gasteiger partial charge in [0.15, 0.2) is 5.82 Å². The molecule has 0 bridgehead atoms. The number of nitrogens with zero attached hydrogens (tertiary/aromatic N) is 3. The zero-order chi connectivity index (χ0) is 16.2. The number of benzene rings is 1. The quantitative estimate of drug-likeness (QED) is 0.524. The Kier molecular flexibility index (Phi) is 4.68. The Morgan fingerprint density at radius 3 is 2.57 bits per heavy atom. The average Bonchev–Trinajstić information content (AvgIpc) is 2.55. The predicted octanol–water partition coefficient (Wildman–Crippen LogP) is 3.30. The predicted molar refractivity (Wildman–Crippen MR) is 86.6 cm³/mol. The Labute approximate surface area is 137 Å². The molecule has 0 amide bonds. The smallest absolute Gasteiger partial charge is 0.269 e. The van der Waals surface area contributed by atoms with E-state index in [1.807, 2.05) is 0 Å². The molecule has 1 aromatic heterocycles. The molecule has 0 atom stereocenters. The van der Waals surface area contributed by atoms with Crippen molar-refractivity contribution in [2.75, 3.05) is 18.5 Å². The second kappa shape index (κ2) is 6.89. The molecule has 1 N–H and O–H groups in total. The molecule has 2 heterocycles. The van der Waals surface area contributed by atoms with Gasteiger partial charge in [0.25, 0.3) is 5.69 Å². The fourth-order valence-electron chi connectivity index (χ4n) is 2.40. The van der Waals surface area contributed by atoms with Crippen molar-refractivity contribution >= 4 is 23.1 Å². The van der Waals surface area contributed by atoms with Gasteiger partial charge in [-0.2, -0.15) is 0 Å². The van der Waals surface area contributed by atoms with E-state index in [2.05, 4.69) is 15.3 Å². The van der Waals surface area contributed by atoms with Crippen LogP contribution in [0.1, 0.15) is 12.8 Å². The second-order valence-electron chi connectivity index (χ2n) is 5.23. The molecule has 120 valence electrons. The third kappa shape index (κ3) is 3.94. The first-order valence-electron chi connectivity index (χ1n) is 7.25. The molecule has 1 aliphatic heterocycles. The number of hydrogen-bond acceptors (Lipinski definition) is 6. The molecular formula is C15H15ClN4O3. The Morgan fingerprint density at radius 2 is 1.91 bits per heavy atom. The van der Waals surface area contributed by atoms with Crippen molar-refractivity contribution in [3.8, 4) is 11.4 Å². The summed E-state index contributed by atoms with van der Waals surface area (Å²) in [5.41, 5.74) is 0.699. The largest absolute Gasteiger partial charge is 0.381 e. The van der Waals surface area contributed by atoms with Crippen molar-refractivity contribution in [3.05, 3.63) is 45.6 Å². The maximum absolute atomic E-state index is 10.7. The molecule has 7 nitrogen and oxygen atoms in total. The molecule has 8 heteroatoms. The van der Waals surface area contributed by atoms with E-state index in [1.165, 1.54) is 12.1 Å². The molecule has 1 aromatic carbocycles. The molecule has 0 spiro atoms. The van der Waals surface area contributed by atoms with E-state index in [9.17, 15) is 10.1 Å². The highest BCUT2D eigenvalue weighted by molar-refractivity contribution is 6.29. The minimum absolute atomic E-state index is 0.0244. The van der Waals surface area contributed by atoms with Crippen molar-refractivity contribution in [1.82, 2.24) is 9.97 Å². The highest BCUT2D eigenvalue weighted by Gasteiger charge is 2.15. The zero-order valence-corrected chi connectivity index (χ0v) is 13.0. The van der Waals surface area contributed by atoms with Crippen LogP contribution in [0.4, 0.5) is 11.5 Å². The lowest BCUT2D eigenvalue weighted by atomic mass is 10.1. The van der Waals surface area contributed by atoms with Crippen LogP contribution in [-0.4, -0.2) is 34.1 Å². The molecule has 1 saturated heterocycles. The summed E-state index contributed by atoms with van der Waals surface area (Å²) in [5.74, 6) is 1.08. The van der Waals surface area contributed by atoms with Gasteiger partial charge in [-0.15, -0.1) is 0 Å². The third-order valence-electron chi connectivity index (χ3n) is 3.60. The average molecular weight is 335 g/mol. The molecule has 23 heavy (non-hydrogen) atoms. The molecule has 2 aromatic rings. The van der Waals surface area contributed by atoms with Crippen LogP contribution in [0.15, 0.2) is 30.3 Å². The van der Waals surface area contributed by atoms with E-state index in [1.54, 1.807) is 18.2 Å². The van der Waals surface area contributed by atoms with E-state index >= 15 is 0 Å². The summed E-state index contributed by atoms with van der Waals surface area (Å²) in [6.07, 6.45) is 1.82. The van der Waals surface area contributed by atoms with E-state index in [0.29, 0.717) is 28.4 Å². The highest BCUT2D eigenvalue weighted by atomic mass is 35.5. The van der Waals surface area contributed by atoms with Gasteiger partial charge in [-0.3, -0.25) is 10.1 Å². The van der Waals surface area contributed by atoms with Crippen LogP contribution >= 0.6 is 11.6 Å². The number of hydrogen-bond donors (Lipinski definition) is 1. The zero-order valence-electron chi connectivity index (χ0n) is 12.2. The summed E-state index contributed by atoms with van der Waals surface area (Å²) >= 11 is 6.08. The lowest BCUT2D eigenvalue weighted by molar-refractivity contribution is -0.384. The normalized spacial score (nSPS) is 15.3. The van der Waals surface area contributed by atoms with Gasteiger partial charge in [0, 0.05) is 43.0 Å².